The van der Waals surface area contributed by atoms with Crippen LogP contribution in [-0.2, 0) is 30.5 Å². The number of pyridine rings is 1. The van der Waals surface area contributed by atoms with E-state index < -0.39 is 0 Å². The normalized spacial score (nSPS) is 12.3. The van der Waals surface area contributed by atoms with Crippen LogP contribution < -0.4 is 0 Å². The zero-order chi connectivity index (χ0) is 23.5. The largest absolute Gasteiger partial charge is 0.507 e. The number of aromatic nitrogens is 1. The van der Waals surface area contributed by atoms with E-state index in [0.717, 1.165) is 27.9 Å². The van der Waals surface area contributed by atoms with Gasteiger partial charge in [-0.2, -0.15) is 0 Å². The summed E-state index contributed by atoms with van der Waals surface area (Å²) in [5, 5.41) is 22.0. The predicted molar refractivity (Wildman–Crippen MR) is 131 cm³/mol. The van der Waals surface area contributed by atoms with E-state index in [-0.39, 0.29) is 10.8 Å². The van der Waals surface area contributed by atoms with Crippen LogP contribution in [0.25, 0.3) is 0 Å². The Labute approximate surface area is 192 Å². The van der Waals surface area contributed by atoms with Gasteiger partial charge in [-0.3, -0.25) is 9.88 Å². The van der Waals surface area contributed by atoms with Crippen LogP contribution in [0.3, 0.4) is 0 Å². The lowest BCUT2D eigenvalue weighted by molar-refractivity contribution is 0.237. The third-order valence-electron chi connectivity index (χ3n) is 5.75. The lowest BCUT2D eigenvalue weighted by Gasteiger charge is -2.27. The lowest BCUT2D eigenvalue weighted by atomic mass is 9.85. The topological polar surface area (TPSA) is 56.6 Å². The molecule has 0 aliphatic heterocycles. The van der Waals surface area contributed by atoms with Gasteiger partial charge in [0.2, 0.25) is 0 Å². The van der Waals surface area contributed by atoms with Gasteiger partial charge in [-0.05, 0) is 34.1 Å². The molecule has 0 unspecified atom stereocenters. The first kappa shape index (κ1) is 23.8. The van der Waals surface area contributed by atoms with E-state index in [1.807, 2.05) is 54.6 Å². The number of phenols is 2. The van der Waals surface area contributed by atoms with Gasteiger partial charge in [0.1, 0.15) is 11.5 Å². The monoisotopic (exact) mass is 432 g/mol. The molecular weight excluding hydrogens is 396 g/mol. The first-order chi connectivity index (χ1) is 15.0. The van der Waals surface area contributed by atoms with Crippen LogP contribution in [0, 0.1) is 0 Å². The van der Waals surface area contributed by atoms with Gasteiger partial charge in [0.05, 0.1) is 5.69 Å². The molecule has 3 rings (SSSR count). The first-order valence-electron chi connectivity index (χ1n) is 11.2. The van der Waals surface area contributed by atoms with Crippen LogP contribution in [0.1, 0.15) is 69.5 Å². The van der Waals surface area contributed by atoms with Crippen molar-refractivity contribution in [3.63, 3.8) is 0 Å². The van der Waals surface area contributed by atoms with Crippen LogP contribution in [0.5, 0.6) is 11.5 Å². The highest BCUT2D eigenvalue weighted by atomic mass is 16.3. The molecule has 0 amide bonds. The molecule has 0 bridgehead atoms. The fraction of sp³-hybridized carbons (Fsp3) is 0.393. The van der Waals surface area contributed by atoms with Crippen molar-refractivity contribution >= 4 is 0 Å². The zero-order valence-corrected chi connectivity index (χ0v) is 20.2. The molecule has 0 atom stereocenters. The number of benzene rings is 2. The Morgan fingerprint density at radius 3 is 1.56 bits per heavy atom. The van der Waals surface area contributed by atoms with Gasteiger partial charge in [-0.15, -0.1) is 0 Å². The molecule has 4 nitrogen and oxygen atoms in total. The quantitative estimate of drug-likeness (QED) is 0.481. The Balaban J connectivity index is 1.96. The summed E-state index contributed by atoms with van der Waals surface area (Å²) in [5.74, 6) is 0.692. The minimum Gasteiger partial charge on any atom is -0.507 e. The zero-order valence-electron chi connectivity index (χ0n) is 20.2. The number of nitrogens with zero attached hydrogens (tertiary/aromatic N) is 2. The van der Waals surface area contributed by atoms with E-state index in [0.29, 0.717) is 31.1 Å². The van der Waals surface area contributed by atoms with E-state index in [4.69, 9.17) is 0 Å². The molecule has 0 aliphatic rings. The smallest absolute Gasteiger partial charge is 0.123 e. The van der Waals surface area contributed by atoms with E-state index in [1.54, 1.807) is 6.20 Å². The summed E-state index contributed by atoms with van der Waals surface area (Å²) >= 11 is 0. The molecule has 0 saturated carbocycles. The molecule has 1 aromatic heterocycles. The summed E-state index contributed by atoms with van der Waals surface area (Å²) in [6.07, 6.45) is 1.79. The highest BCUT2D eigenvalue weighted by molar-refractivity contribution is 5.45. The lowest BCUT2D eigenvalue weighted by Crippen LogP contribution is -2.24. The number of hydrogen-bond donors (Lipinski definition) is 2. The summed E-state index contributed by atoms with van der Waals surface area (Å²) < 4.78 is 0. The van der Waals surface area contributed by atoms with Gasteiger partial charge in [0.15, 0.2) is 0 Å². The van der Waals surface area contributed by atoms with Crippen molar-refractivity contribution in [2.45, 2.75) is 72.0 Å². The molecular formula is C28H36N2O2. The summed E-state index contributed by atoms with van der Waals surface area (Å²) in [6.45, 7) is 14.3. The van der Waals surface area contributed by atoms with Crippen molar-refractivity contribution in [3.8, 4) is 11.5 Å². The second kappa shape index (κ2) is 9.33. The van der Waals surface area contributed by atoms with Crippen molar-refractivity contribution in [1.82, 2.24) is 9.88 Å². The molecule has 1 heterocycles. The summed E-state index contributed by atoms with van der Waals surface area (Å²) in [7, 11) is 0. The van der Waals surface area contributed by atoms with E-state index in [9.17, 15) is 10.2 Å². The van der Waals surface area contributed by atoms with Gasteiger partial charge in [-0.25, -0.2) is 0 Å². The SMILES string of the molecule is CC(C)(C)c1cccc(CN(Cc2ccccn2)Cc2cccc(C(C)(C)C)c2O)c1O. The predicted octanol–water partition coefficient (Wildman–Crippen LogP) is 6.29. The average Bonchev–Trinajstić information content (AvgIpc) is 2.70. The average molecular weight is 433 g/mol. The molecule has 0 saturated heterocycles. The molecule has 0 radical (unpaired) electrons. The number of aromatic hydroxyl groups is 2. The molecule has 2 aromatic carbocycles. The van der Waals surface area contributed by atoms with Crippen molar-refractivity contribution in [2.75, 3.05) is 0 Å². The van der Waals surface area contributed by atoms with Gasteiger partial charge in [0, 0.05) is 37.0 Å². The fourth-order valence-corrected chi connectivity index (χ4v) is 4.02. The van der Waals surface area contributed by atoms with Crippen LogP contribution in [0.2, 0.25) is 0 Å². The Morgan fingerprint density at radius 2 is 1.16 bits per heavy atom. The molecule has 3 aromatic rings. The van der Waals surface area contributed by atoms with E-state index >= 15 is 0 Å². The van der Waals surface area contributed by atoms with E-state index in [1.165, 1.54) is 0 Å². The van der Waals surface area contributed by atoms with Gasteiger partial charge < -0.3 is 10.2 Å². The highest BCUT2D eigenvalue weighted by Crippen LogP contribution is 2.36. The second-order valence-corrected chi connectivity index (χ2v) is 10.6. The minimum absolute atomic E-state index is 0.148. The van der Waals surface area contributed by atoms with Gasteiger partial charge >= 0.3 is 0 Å². The first-order valence-corrected chi connectivity index (χ1v) is 11.2. The van der Waals surface area contributed by atoms with Crippen LogP contribution in [0.15, 0.2) is 60.8 Å². The van der Waals surface area contributed by atoms with Crippen molar-refractivity contribution in [3.05, 3.63) is 88.7 Å². The maximum absolute atomic E-state index is 11.0. The maximum Gasteiger partial charge on any atom is 0.123 e. The number of para-hydroxylation sites is 2. The fourth-order valence-electron chi connectivity index (χ4n) is 4.02. The van der Waals surface area contributed by atoms with Crippen molar-refractivity contribution in [1.29, 1.82) is 0 Å². The highest BCUT2D eigenvalue weighted by Gasteiger charge is 2.23. The Hall–Kier alpha value is -2.85. The van der Waals surface area contributed by atoms with Crippen molar-refractivity contribution < 1.29 is 10.2 Å². The van der Waals surface area contributed by atoms with Crippen molar-refractivity contribution in [2.24, 2.45) is 0 Å². The summed E-state index contributed by atoms with van der Waals surface area (Å²) in [5.41, 5.74) is 4.27. The molecule has 2 N–H and O–H groups in total. The number of phenolic OH excluding ortho intramolecular Hbond substituents is 2. The third-order valence-corrected chi connectivity index (χ3v) is 5.75. The third kappa shape index (κ3) is 5.68. The minimum atomic E-state index is -0.148. The van der Waals surface area contributed by atoms with Crippen LogP contribution in [0.4, 0.5) is 0 Å². The Kier molecular flexibility index (Phi) is 6.94. The number of rotatable bonds is 6. The summed E-state index contributed by atoms with van der Waals surface area (Å²) in [6, 6.07) is 17.8. The van der Waals surface area contributed by atoms with E-state index in [2.05, 4.69) is 51.4 Å². The Morgan fingerprint density at radius 1 is 0.656 bits per heavy atom. The van der Waals surface area contributed by atoms with Gasteiger partial charge in [-0.1, -0.05) is 84.0 Å². The molecule has 0 aliphatic carbocycles. The molecule has 170 valence electrons. The summed E-state index contributed by atoms with van der Waals surface area (Å²) in [4.78, 5) is 6.71. The van der Waals surface area contributed by atoms with Crippen LogP contribution >= 0.6 is 0 Å². The van der Waals surface area contributed by atoms with Gasteiger partial charge in [0.25, 0.3) is 0 Å². The molecule has 32 heavy (non-hydrogen) atoms. The molecule has 0 spiro atoms. The second-order valence-electron chi connectivity index (χ2n) is 10.6. The standard InChI is InChI=1S/C28H36N2O2/c1-27(2,3)23-14-9-11-20(25(23)31)17-30(19-22-13-7-8-16-29-22)18-21-12-10-15-24(26(21)32)28(4,5)6/h7-16,31-32H,17-19H2,1-6H3. The molecule has 4 heteroatoms. The van der Waals surface area contributed by atoms with Crippen LogP contribution in [-0.4, -0.2) is 20.1 Å². The Bertz CT molecular complexity index is 982. The molecule has 0 fully saturated rings. The number of hydrogen-bond acceptors (Lipinski definition) is 4. The maximum atomic E-state index is 11.0.